The predicted molar refractivity (Wildman–Crippen MR) is 69.8 cm³/mol. The molecular formula is C9H19BN2O7S. The fraction of sp³-hybridized carbons (Fsp3) is 0.889. The Hall–Kier alpha value is -0.715. The summed E-state index contributed by atoms with van der Waals surface area (Å²) >= 11 is 0. The largest absolute Gasteiger partial charge is 0.480 e. The normalized spacial score (nSPS) is 27.7. The molecule has 1 saturated heterocycles. The number of carboxylic acid groups (broad SMARTS) is 1. The van der Waals surface area contributed by atoms with E-state index >= 15 is 0 Å². The maximum absolute atomic E-state index is 11.6. The lowest BCUT2D eigenvalue weighted by Gasteiger charge is -2.25. The number of hydrogen-bond donors (Lipinski definition) is 4. The Morgan fingerprint density at radius 3 is 2.60 bits per heavy atom. The van der Waals surface area contributed by atoms with Crippen LogP contribution in [0.5, 0.6) is 0 Å². The molecule has 116 valence electrons. The first-order valence-corrected chi connectivity index (χ1v) is 7.44. The molecule has 2 atom stereocenters. The van der Waals surface area contributed by atoms with Gasteiger partial charge in [-0.15, -0.1) is 0 Å². The van der Waals surface area contributed by atoms with Crippen molar-refractivity contribution in [3.63, 3.8) is 0 Å². The number of rotatable bonds is 7. The zero-order valence-electron chi connectivity index (χ0n) is 11.1. The molecule has 1 heterocycles. The molecule has 0 aromatic carbocycles. The lowest BCUT2D eigenvalue weighted by molar-refractivity contribution is -0.144. The maximum atomic E-state index is 11.6. The van der Waals surface area contributed by atoms with E-state index in [4.69, 9.17) is 15.8 Å². The van der Waals surface area contributed by atoms with Crippen LogP contribution >= 0.6 is 0 Å². The second-order valence-electron chi connectivity index (χ2n) is 4.87. The van der Waals surface area contributed by atoms with Crippen LogP contribution in [-0.4, -0.2) is 66.7 Å². The Morgan fingerprint density at radius 2 is 2.15 bits per heavy atom. The standard InChI is InChI=1S/C9H19BN2O7S/c1-19-20(17,18)12-5-7(3-2-4-10(15)16)9(11,6-12)8(13)14/h7,15-16H,2-6,11H2,1H3,(H,13,14)/t7-,9-/m0/s1. The van der Waals surface area contributed by atoms with Gasteiger partial charge in [0.1, 0.15) is 5.54 Å². The summed E-state index contributed by atoms with van der Waals surface area (Å²) in [6.45, 7) is -0.439. The van der Waals surface area contributed by atoms with Gasteiger partial charge in [0.25, 0.3) is 0 Å². The molecule has 0 spiro atoms. The lowest BCUT2D eigenvalue weighted by atomic mass is 9.78. The molecular weight excluding hydrogens is 291 g/mol. The van der Waals surface area contributed by atoms with Crippen LogP contribution < -0.4 is 5.73 Å². The third-order valence-corrected chi connectivity index (χ3v) is 4.86. The highest BCUT2D eigenvalue weighted by atomic mass is 32.2. The summed E-state index contributed by atoms with van der Waals surface area (Å²) in [6.07, 6.45) is 0.675. The van der Waals surface area contributed by atoms with Crippen LogP contribution in [0.15, 0.2) is 0 Å². The van der Waals surface area contributed by atoms with Crippen molar-refractivity contribution in [1.29, 1.82) is 0 Å². The van der Waals surface area contributed by atoms with E-state index in [1.807, 2.05) is 0 Å². The van der Waals surface area contributed by atoms with Crippen LogP contribution in [-0.2, 0) is 19.3 Å². The Morgan fingerprint density at radius 1 is 1.55 bits per heavy atom. The fourth-order valence-corrected chi connectivity index (χ4v) is 3.25. The minimum absolute atomic E-state index is 0.0690. The van der Waals surface area contributed by atoms with Gasteiger partial charge < -0.3 is 20.9 Å². The maximum Gasteiger partial charge on any atom is 0.451 e. The molecule has 0 aromatic heterocycles. The third-order valence-electron chi connectivity index (χ3n) is 3.53. The first-order chi connectivity index (χ1) is 9.13. The predicted octanol–water partition coefficient (Wildman–Crippen LogP) is -2.16. The van der Waals surface area contributed by atoms with Crippen LogP contribution in [0.3, 0.4) is 0 Å². The van der Waals surface area contributed by atoms with Gasteiger partial charge in [0.05, 0.1) is 7.11 Å². The average molecular weight is 310 g/mol. The lowest BCUT2D eigenvalue weighted by Crippen LogP contribution is -2.55. The molecule has 0 bridgehead atoms. The fourth-order valence-electron chi connectivity index (χ4n) is 2.31. The number of hydrogen-bond acceptors (Lipinski definition) is 7. The number of nitrogens with zero attached hydrogens (tertiary/aromatic N) is 1. The first-order valence-electron chi connectivity index (χ1n) is 6.07. The summed E-state index contributed by atoms with van der Waals surface area (Å²) in [6, 6.07) is 0. The molecule has 0 aromatic rings. The van der Waals surface area contributed by atoms with Crippen LogP contribution in [0, 0.1) is 5.92 Å². The Kier molecular flexibility index (Phi) is 5.52. The molecule has 0 aliphatic carbocycles. The van der Waals surface area contributed by atoms with E-state index in [0.717, 1.165) is 11.4 Å². The molecule has 1 aliphatic rings. The number of carboxylic acids is 1. The summed E-state index contributed by atoms with van der Waals surface area (Å²) in [5, 5.41) is 26.8. The number of carbonyl (C=O) groups is 1. The first kappa shape index (κ1) is 17.3. The quantitative estimate of drug-likeness (QED) is 0.388. The molecule has 9 nitrogen and oxygen atoms in total. The van der Waals surface area contributed by atoms with Crippen molar-refractivity contribution < 1.29 is 32.5 Å². The molecule has 11 heteroatoms. The third kappa shape index (κ3) is 3.68. The summed E-state index contributed by atoms with van der Waals surface area (Å²) in [7, 11) is -4.48. The minimum atomic E-state index is -3.99. The van der Waals surface area contributed by atoms with Crippen molar-refractivity contribution in [2.75, 3.05) is 20.2 Å². The summed E-state index contributed by atoms with van der Waals surface area (Å²) in [5.74, 6) is -1.91. The van der Waals surface area contributed by atoms with E-state index in [0.29, 0.717) is 6.42 Å². The van der Waals surface area contributed by atoms with Crippen molar-refractivity contribution in [3.8, 4) is 0 Å². The van der Waals surface area contributed by atoms with Crippen molar-refractivity contribution in [2.24, 2.45) is 11.7 Å². The second kappa shape index (κ2) is 6.37. The summed E-state index contributed by atoms with van der Waals surface area (Å²) < 4.78 is 28.5. The van der Waals surface area contributed by atoms with Gasteiger partial charge in [0.15, 0.2) is 0 Å². The van der Waals surface area contributed by atoms with Crippen LogP contribution in [0.4, 0.5) is 0 Å². The summed E-state index contributed by atoms with van der Waals surface area (Å²) in [5.41, 5.74) is 4.12. The van der Waals surface area contributed by atoms with Crippen LogP contribution in [0.2, 0.25) is 6.32 Å². The van der Waals surface area contributed by atoms with E-state index in [2.05, 4.69) is 4.18 Å². The highest BCUT2D eigenvalue weighted by molar-refractivity contribution is 7.84. The van der Waals surface area contributed by atoms with Crippen molar-refractivity contribution in [2.45, 2.75) is 24.7 Å². The molecule has 0 amide bonds. The zero-order chi connectivity index (χ0) is 15.6. The minimum Gasteiger partial charge on any atom is -0.480 e. The number of aliphatic carboxylic acids is 1. The van der Waals surface area contributed by atoms with Gasteiger partial charge in [-0.05, 0) is 12.7 Å². The zero-order valence-corrected chi connectivity index (χ0v) is 11.9. The second-order valence-corrected chi connectivity index (χ2v) is 6.58. The average Bonchev–Trinajstić information content (AvgIpc) is 2.69. The molecule has 1 aliphatic heterocycles. The molecule has 5 N–H and O–H groups in total. The van der Waals surface area contributed by atoms with E-state index in [1.54, 1.807) is 0 Å². The Labute approximate surface area is 117 Å². The van der Waals surface area contributed by atoms with Crippen molar-refractivity contribution >= 4 is 23.4 Å². The van der Waals surface area contributed by atoms with Crippen molar-refractivity contribution in [1.82, 2.24) is 4.31 Å². The van der Waals surface area contributed by atoms with Gasteiger partial charge in [0, 0.05) is 19.0 Å². The van der Waals surface area contributed by atoms with Gasteiger partial charge in [-0.1, -0.05) is 6.42 Å². The molecule has 0 saturated carbocycles. The van der Waals surface area contributed by atoms with Gasteiger partial charge in [-0.2, -0.15) is 12.7 Å². The Balaban J connectivity index is 2.83. The molecule has 1 rings (SSSR count). The SMILES string of the molecule is COS(=O)(=O)N1C[C@H](CCCB(O)O)[C@](N)(C(=O)O)C1. The molecule has 0 unspecified atom stereocenters. The van der Waals surface area contributed by atoms with Gasteiger partial charge >= 0.3 is 23.4 Å². The van der Waals surface area contributed by atoms with Crippen molar-refractivity contribution in [3.05, 3.63) is 0 Å². The highest BCUT2D eigenvalue weighted by Gasteiger charge is 2.52. The topological polar surface area (TPSA) is 150 Å². The van der Waals surface area contributed by atoms with Crippen LogP contribution in [0.1, 0.15) is 12.8 Å². The Bertz CT molecular complexity index is 457. The van der Waals surface area contributed by atoms with Gasteiger partial charge in [-0.25, -0.2) is 0 Å². The van der Waals surface area contributed by atoms with Gasteiger partial charge in [-0.3, -0.25) is 8.98 Å². The molecule has 0 radical (unpaired) electrons. The number of nitrogens with two attached hydrogens (primary N) is 1. The van der Waals surface area contributed by atoms with E-state index in [9.17, 15) is 18.3 Å². The monoisotopic (exact) mass is 310 g/mol. The molecule has 1 fully saturated rings. The van der Waals surface area contributed by atoms with Crippen LogP contribution in [0.25, 0.3) is 0 Å². The van der Waals surface area contributed by atoms with Gasteiger partial charge in [0.2, 0.25) is 0 Å². The smallest absolute Gasteiger partial charge is 0.451 e. The van der Waals surface area contributed by atoms with E-state index in [-0.39, 0.29) is 25.8 Å². The molecule has 20 heavy (non-hydrogen) atoms. The highest BCUT2D eigenvalue weighted by Crippen LogP contribution is 2.32. The summed E-state index contributed by atoms with van der Waals surface area (Å²) in [4.78, 5) is 11.3. The van der Waals surface area contributed by atoms with E-state index < -0.39 is 34.8 Å². The van der Waals surface area contributed by atoms with E-state index in [1.165, 1.54) is 0 Å².